The van der Waals surface area contributed by atoms with Gasteiger partial charge in [-0.25, -0.2) is 0 Å². The number of nitrogens with zero attached hydrogens (tertiary/aromatic N) is 1. The number of Topliss-reactive ketones (excluding diaryl/α,β-unsaturated/α-hetero) is 1. The first-order valence-corrected chi connectivity index (χ1v) is 9.93. The van der Waals surface area contributed by atoms with Gasteiger partial charge in [-0.1, -0.05) is 36.4 Å². The van der Waals surface area contributed by atoms with Gasteiger partial charge in [-0.2, -0.15) is 0 Å². The summed E-state index contributed by atoms with van der Waals surface area (Å²) in [4.78, 5) is 50.1. The van der Waals surface area contributed by atoms with E-state index in [1.54, 1.807) is 30.5 Å². The summed E-state index contributed by atoms with van der Waals surface area (Å²) in [6.07, 6.45) is 2.34. The van der Waals surface area contributed by atoms with Crippen LogP contribution in [0, 0.1) is 0 Å². The van der Waals surface area contributed by atoms with Crippen molar-refractivity contribution in [2.24, 2.45) is 0 Å². The van der Waals surface area contributed by atoms with Gasteiger partial charge in [0, 0.05) is 24.4 Å². The summed E-state index contributed by atoms with van der Waals surface area (Å²) in [5.74, 6) is -1.42. The summed E-state index contributed by atoms with van der Waals surface area (Å²) in [6, 6.07) is 13.5. The first-order valence-electron chi connectivity index (χ1n) is 9.93. The molecule has 0 radical (unpaired) electrons. The number of nitrogens with one attached hydrogen (secondary N) is 1. The topological polar surface area (TPSA) is 92.8 Å². The van der Waals surface area contributed by atoms with Gasteiger partial charge in [0.2, 0.25) is 5.91 Å². The number of hydrogen-bond acceptors (Lipinski definition) is 5. The van der Waals surface area contributed by atoms with Crippen LogP contribution in [-0.4, -0.2) is 34.6 Å². The fraction of sp³-hybridized carbons (Fsp3) is 0.250. The lowest BCUT2D eigenvalue weighted by Gasteiger charge is -2.32. The van der Waals surface area contributed by atoms with Crippen molar-refractivity contribution < 1.29 is 23.9 Å². The first-order chi connectivity index (χ1) is 14.8. The zero-order valence-electron chi connectivity index (χ0n) is 17.6. The van der Waals surface area contributed by atoms with Crippen molar-refractivity contribution in [1.29, 1.82) is 0 Å². The van der Waals surface area contributed by atoms with Crippen LogP contribution in [-0.2, 0) is 19.1 Å². The molecule has 0 saturated carbocycles. The highest BCUT2D eigenvalue weighted by Crippen LogP contribution is 2.33. The summed E-state index contributed by atoms with van der Waals surface area (Å²) in [5, 5.41) is 2.64. The molecule has 0 fully saturated rings. The second-order valence-electron chi connectivity index (χ2n) is 7.35. The average Bonchev–Trinajstić information content (AvgIpc) is 2.73. The van der Waals surface area contributed by atoms with Crippen LogP contribution in [0.4, 0.5) is 5.69 Å². The molecule has 2 atom stereocenters. The summed E-state index contributed by atoms with van der Waals surface area (Å²) in [5.41, 5.74) is 2.68. The Labute approximate surface area is 180 Å². The van der Waals surface area contributed by atoms with Crippen molar-refractivity contribution in [2.75, 3.05) is 5.32 Å². The van der Waals surface area contributed by atoms with Gasteiger partial charge in [0.05, 0.1) is 12.5 Å². The van der Waals surface area contributed by atoms with Gasteiger partial charge in [0.1, 0.15) is 0 Å². The van der Waals surface area contributed by atoms with Gasteiger partial charge in [-0.3, -0.25) is 19.2 Å². The fourth-order valence-corrected chi connectivity index (χ4v) is 3.43. The molecule has 0 spiro atoms. The first kappa shape index (κ1) is 22.0. The number of ether oxygens (including phenoxy) is 1. The van der Waals surface area contributed by atoms with E-state index in [0.717, 1.165) is 11.1 Å². The van der Waals surface area contributed by atoms with E-state index in [0.29, 0.717) is 11.3 Å². The molecule has 2 aromatic rings. The van der Waals surface area contributed by atoms with E-state index in [1.165, 1.54) is 25.7 Å². The van der Waals surface area contributed by atoms with Crippen molar-refractivity contribution in [2.45, 2.75) is 39.3 Å². The minimum absolute atomic E-state index is 0.0849. The van der Waals surface area contributed by atoms with Gasteiger partial charge >= 0.3 is 5.97 Å². The Hall–Kier alpha value is -3.74. The van der Waals surface area contributed by atoms with Crippen LogP contribution in [0.5, 0.6) is 0 Å². The molecule has 2 aromatic carbocycles. The van der Waals surface area contributed by atoms with Crippen LogP contribution in [0.25, 0.3) is 6.08 Å². The number of benzene rings is 2. The maximum Gasteiger partial charge on any atom is 0.309 e. The number of anilines is 1. The van der Waals surface area contributed by atoms with Crippen molar-refractivity contribution >= 4 is 35.3 Å². The molecule has 1 aliphatic rings. The number of carbonyl (C=O) groups excluding carboxylic acids is 4. The van der Waals surface area contributed by atoms with E-state index in [2.05, 4.69) is 5.32 Å². The Balaban J connectivity index is 1.66. The largest absolute Gasteiger partial charge is 0.452 e. The normalized spacial score (nSPS) is 15.6. The monoisotopic (exact) mass is 420 g/mol. The quantitative estimate of drug-likeness (QED) is 0.568. The second kappa shape index (κ2) is 9.38. The Morgan fingerprint density at radius 2 is 1.81 bits per heavy atom. The van der Waals surface area contributed by atoms with Crippen molar-refractivity contribution in [3.63, 3.8) is 0 Å². The Bertz CT molecular complexity index is 1060. The third-order valence-electron chi connectivity index (χ3n) is 5.04. The maximum atomic E-state index is 12.6. The van der Waals surface area contributed by atoms with E-state index in [-0.39, 0.29) is 18.1 Å². The summed E-state index contributed by atoms with van der Waals surface area (Å²) < 4.78 is 5.33. The lowest BCUT2D eigenvalue weighted by molar-refractivity contribution is -0.154. The third kappa shape index (κ3) is 5.25. The number of rotatable bonds is 6. The van der Waals surface area contributed by atoms with Crippen LogP contribution in [0.3, 0.4) is 0 Å². The van der Waals surface area contributed by atoms with Gasteiger partial charge in [-0.05, 0) is 43.2 Å². The molecule has 0 unspecified atom stereocenters. The zero-order valence-corrected chi connectivity index (χ0v) is 17.6. The van der Waals surface area contributed by atoms with Crippen molar-refractivity contribution in [3.05, 3.63) is 71.4 Å². The minimum Gasteiger partial charge on any atom is -0.452 e. The molecule has 31 heavy (non-hydrogen) atoms. The van der Waals surface area contributed by atoms with Crippen LogP contribution in [0.15, 0.2) is 54.7 Å². The fourth-order valence-electron chi connectivity index (χ4n) is 3.43. The highest BCUT2D eigenvalue weighted by molar-refractivity contribution is 5.98. The predicted molar refractivity (Wildman–Crippen MR) is 116 cm³/mol. The Kier molecular flexibility index (Phi) is 6.65. The zero-order chi connectivity index (χ0) is 22.5. The SMILES string of the molecule is CC(=O)c1cccc(NC(=O)[C@H](C)OC(=O)C[C@@H]2c3ccccc3C=CN2C(C)=O)c1. The number of hydrogen-bond donors (Lipinski definition) is 1. The second-order valence-corrected chi connectivity index (χ2v) is 7.35. The molecule has 1 aliphatic heterocycles. The molecule has 0 aromatic heterocycles. The molecular weight excluding hydrogens is 396 g/mol. The number of fused-ring (bicyclic) bond motifs is 1. The standard InChI is InChI=1S/C24H24N2O5/c1-15(27)19-8-6-9-20(13-19)25-24(30)16(2)31-23(29)14-22-21-10-5-4-7-18(21)11-12-26(22)17(3)28/h4-13,16,22H,14H2,1-3H3,(H,25,30)/t16-,22+/m0/s1. The summed E-state index contributed by atoms with van der Waals surface area (Å²) >= 11 is 0. The van der Waals surface area contributed by atoms with E-state index in [1.807, 2.05) is 30.3 Å². The summed E-state index contributed by atoms with van der Waals surface area (Å²) in [6.45, 7) is 4.34. The highest BCUT2D eigenvalue weighted by atomic mass is 16.5. The van der Waals surface area contributed by atoms with Crippen LogP contribution in [0.1, 0.15) is 54.7 Å². The number of ketones is 1. The van der Waals surface area contributed by atoms with Crippen LogP contribution < -0.4 is 5.32 Å². The Morgan fingerprint density at radius 3 is 2.52 bits per heavy atom. The molecule has 0 bridgehead atoms. The Morgan fingerprint density at radius 1 is 1.06 bits per heavy atom. The lowest BCUT2D eigenvalue weighted by Crippen LogP contribution is -2.35. The molecule has 1 N–H and O–H groups in total. The van der Waals surface area contributed by atoms with E-state index in [9.17, 15) is 19.2 Å². The molecule has 0 saturated heterocycles. The third-order valence-corrected chi connectivity index (χ3v) is 5.04. The van der Waals surface area contributed by atoms with Crippen molar-refractivity contribution in [3.8, 4) is 0 Å². The van der Waals surface area contributed by atoms with Gasteiger partial charge in [-0.15, -0.1) is 0 Å². The van der Waals surface area contributed by atoms with E-state index in [4.69, 9.17) is 4.74 Å². The number of amides is 2. The van der Waals surface area contributed by atoms with E-state index < -0.39 is 24.0 Å². The minimum atomic E-state index is -1.05. The number of esters is 1. The van der Waals surface area contributed by atoms with E-state index >= 15 is 0 Å². The lowest BCUT2D eigenvalue weighted by atomic mass is 9.94. The molecule has 0 aliphatic carbocycles. The molecule has 3 rings (SSSR count). The van der Waals surface area contributed by atoms with Crippen LogP contribution >= 0.6 is 0 Å². The highest BCUT2D eigenvalue weighted by Gasteiger charge is 2.30. The summed E-state index contributed by atoms with van der Waals surface area (Å²) in [7, 11) is 0. The maximum absolute atomic E-state index is 12.6. The number of carbonyl (C=O) groups is 4. The molecular formula is C24H24N2O5. The molecule has 2 amide bonds. The molecule has 7 heteroatoms. The van der Waals surface area contributed by atoms with Gasteiger partial charge in [0.15, 0.2) is 11.9 Å². The predicted octanol–water partition coefficient (Wildman–Crippen LogP) is 3.72. The molecule has 7 nitrogen and oxygen atoms in total. The molecule has 1 heterocycles. The van der Waals surface area contributed by atoms with Crippen LogP contribution in [0.2, 0.25) is 0 Å². The average molecular weight is 420 g/mol. The van der Waals surface area contributed by atoms with Gasteiger partial charge < -0.3 is 15.0 Å². The van der Waals surface area contributed by atoms with Crippen molar-refractivity contribution in [1.82, 2.24) is 4.90 Å². The van der Waals surface area contributed by atoms with Gasteiger partial charge in [0.25, 0.3) is 5.91 Å². The smallest absolute Gasteiger partial charge is 0.309 e. The molecule has 160 valence electrons.